The molecule has 20 heavy (non-hydrogen) atoms. The van der Waals surface area contributed by atoms with Crippen molar-refractivity contribution < 1.29 is 4.79 Å². The summed E-state index contributed by atoms with van der Waals surface area (Å²) in [7, 11) is 0. The van der Waals surface area contributed by atoms with Gasteiger partial charge in [0.25, 0.3) is 0 Å². The third-order valence-corrected chi connectivity index (χ3v) is 3.79. The van der Waals surface area contributed by atoms with Crippen LogP contribution >= 0.6 is 0 Å². The molecular formula is C16H19N3O. The van der Waals surface area contributed by atoms with E-state index in [9.17, 15) is 4.79 Å². The number of fused-ring (bicyclic) bond motifs is 1. The maximum Gasteiger partial charge on any atom is 0.321 e. The van der Waals surface area contributed by atoms with Gasteiger partial charge in [0.1, 0.15) is 0 Å². The Hall–Kier alpha value is -2.10. The molecule has 104 valence electrons. The van der Waals surface area contributed by atoms with Crippen LogP contribution in [0.2, 0.25) is 0 Å². The summed E-state index contributed by atoms with van der Waals surface area (Å²) in [6.07, 6.45) is 4.01. The lowest BCUT2D eigenvalue weighted by atomic mass is 10.0. The molecule has 1 N–H and O–H groups in total. The topological polar surface area (TPSA) is 45.2 Å². The number of hydrogen-bond acceptors (Lipinski definition) is 2. The van der Waals surface area contributed by atoms with Crippen molar-refractivity contribution in [1.29, 1.82) is 0 Å². The summed E-state index contributed by atoms with van der Waals surface area (Å²) in [4.78, 5) is 18.5. The van der Waals surface area contributed by atoms with Crippen LogP contribution in [0, 0.1) is 5.92 Å². The number of benzene rings is 1. The summed E-state index contributed by atoms with van der Waals surface area (Å²) in [6.45, 7) is 3.88. The van der Waals surface area contributed by atoms with Gasteiger partial charge in [-0.15, -0.1) is 0 Å². The quantitative estimate of drug-likeness (QED) is 0.861. The zero-order valence-electron chi connectivity index (χ0n) is 11.7. The Labute approximate surface area is 118 Å². The highest BCUT2D eigenvalue weighted by Crippen LogP contribution is 2.19. The van der Waals surface area contributed by atoms with Crippen molar-refractivity contribution in [1.82, 2.24) is 9.88 Å². The number of para-hydroxylation sites is 1. The molecule has 3 rings (SSSR count). The lowest BCUT2D eigenvalue weighted by Crippen LogP contribution is -2.41. The Balaban J connectivity index is 1.73. The molecule has 1 saturated heterocycles. The highest BCUT2D eigenvalue weighted by Gasteiger charge is 2.20. The van der Waals surface area contributed by atoms with E-state index in [2.05, 4.69) is 17.2 Å². The Kier molecular flexibility index (Phi) is 3.54. The number of pyridine rings is 1. The van der Waals surface area contributed by atoms with Gasteiger partial charge in [-0.3, -0.25) is 4.98 Å². The average molecular weight is 269 g/mol. The second-order valence-electron chi connectivity index (χ2n) is 5.54. The molecule has 0 radical (unpaired) electrons. The van der Waals surface area contributed by atoms with E-state index < -0.39 is 0 Å². The van der Waals surface area contributed by atoms with E-state index in [1.165, 1.54) is 6.42 Å². The van der Waals surface area contributed by atoms with Crippen molar-refractivity contribution in [2.75, 3.05) is 18.4 Å². The number of hydrogen-bond donors (Lipinski definition) is 1. The molecule has 1 fully saturated rings. The number of nitrogens with one attached hydrogen (secondary N) is 1. The number of piperidine rings is 1. The Bertz CT molecular complexity index is 626. The summed E-state index contributed by atoms with van der Waals surface area (Å²) in [5.74, 6) is 0.587. The molecule has 1 aliphatic heterocycles. The van der Waals surface area contributed by atoms with Gasteiger partial charge in [-0.25, -0.2) is 4.79 Å². The number of nitrogens with zero attached hydrogens (tertiary/aromatic N) is 2. The summed E-state index contributed by atoms with van der Waals surface area (Å²) in [5.41, 5.74) is 1.70. The Morgan fingerprint density at radius 2 is 2.25 bits per heavy atom. The first-order valence-electron chi connectivity index (χ1n) is 7.13. The van der Waals surface area contributed by atoms with Crippen LogP contribution in [0.1, 0.15) is 19.8 Å². The van der Waals surface area contributed by atoms with Crippen LogP contribution < -0.4 is 5.32 Å². The first-order valence-corrected chi connectivity index (χ1v) is 7.13. The summed E-state index contributed by atoms with van der Waals surface area (Å²) < 4.78 is 0. The van der Waals surface area contributed by atoms with Crippen LogP contribution in [0.4, 0.5) is 10.5 Å². The third-order valence-electron chi connectivity index (χ3n) is 3.79. The van der Waals surface area contributed by atoms with E-state index in [0.717, 1.165) is 36.1 Å². The zero-order chi connectivity index (χ0) is 13.9. The van der Waals surface area contributed by atoms with Crippen molar-refractivity contribution in [2.24, 2.45) is 5.92 Å². The van der Waals surface area contributed by atoms with E-state index in [0.29, 0.717) is 5.92 Å². The molecule has 1 unspecified atom stereocenters. The fraction of sp³-hybridized carbons (Fsp3) is 0.375. The SMILES string of the molecule is CC1CCCN(C(=O)Nc2cnc3ccccc3c2)C1. The molecule has 1 aromatic heterocycles. The molecule has 0 aliphatic carbocycles. The summed E-state index contributed by atoms with van der Waals surface area (Å²) in [5, 5.41) is 3.99. The van der Waals surface area contributed by atoms with Crippen molar-refractivity contribution >= 4 is 22.6 Å². The standard InChI is InChI=1S/C16H19N3O/c1-12-5-4-8-19(11-12)16(20)18-14-9-13-6-2-3-7-15(13)17-10-14/h2-3,6-7,9-10,12H,4-5,8,11H2,1H3,(H,18,20). The number of aromatic nitrogens is 1. The minimum Gasteiger partial charge on any atom is -0.324 e. The molecule has 1 aliphatic rings. The van der Waals surface area contributed by atoms with Crippen LogP contribution in [-0.2, 0) is 0 Å². The van der Waals surface area contributed by atoms with Gasteiger partial charge in [0.15, 0.2) is 0 Å². The molecular weight excluding hydrogens is 250 g/mol. The zero-order valence-corrected chi connectivity index (χ0v) is 11.7. The first-order chi connectivity index (χ1) is 9.72. The van der Waals surface area contributed by atoms with Crippen molar-refractivity contribution in [3.05, 3.63) is 36.5 Å². The second-order valence-corrected chi connectivity index (χ2v) is 5.54. The second kappa shape index (κ2) is 5.49. The van der Waals surface area contributed by atoms with Gasteiger partial charge < -0.3 is 10.2 Å². The molecule has 0 bridgehead atoms. The number of carbonyl (C=O) groups is 1. The normalized spacial score (nSPS) is 19.1. The minimum atomic E-state index is -0.0198. The lowest BCUT2D eigenvalue weighted by molar-refractivity contribution is 0.182. The van der Waals surface area contributed by atoms with Crippen LogP contribution in [0.3, 0.4) is 0 Å². The van der Waals surface area contributed by atoms with Gasteiger partial charge in [0, 0.05) is 18.5 Å². The highest BCUT2D eigenvalue weighted by molar-refractivity contribution is 5.92. The molecule has 2 aromatic rings. The predicted octanol–water partition coefficient (Wildman–Crippen LogP) is 3.50. The maximum atomic E-state index is 12.2. The Morgan fingerprint density at radius 3 is 3.10 bits per heavy atom. The average Bonchev–Trinajstić information content (AvgIpc) is 2.47. The lowest BCUT2D eigenvalue weighted by Gasteiger charge is -2.30. The van der Waals surface area contributed by atoms with Crippen LogP contribution in [0.5, 0.6) is 0 Å². The molecule has 1 atom stereocenters. The maximum absolute atomic E-state index is 12.2. The summed E-state index contributed by atoms with van der Waals surface area (Å²) >= 11 is 0. The van der Waals surface area contributed by atoms with E-state index in [4.69, 9.17) is 0 Å². The largest absolute Gasteiger partial charge is 0.324 e. The molecule has 0 spiro atoms. The van der Waals surface area contributed by atoms with Crippen LogP contribution in [-0.4, -0.2) is 29.0 Å². The Morgan fingerprint density at radius 1 is 1.40 bits per heavy atom. The predicted molar refractivity (Wildman–Crippen MR) is 80.7 cm³/mol. The van der Waals surface area contributed by atoms with Gasteiger partial charge in [-0.1, -0.05) is 25.1 Å². The van der Waals surface area contributed by atoms with E-state index >= 15 is 0 Å². The number of carbonyl (C=O) groups excluding carboxylic acids is 1. The highest BCUT2D eigenvalue weighted by atomic mass is 16.2. The summed E-state index contributed by atoms with van der Waals surface area (Å²) in [6, 6.07) is 9.85. The fourth-order valence-electron chi connectivity index (χ4n) is 2.72. The van der Waals surface area contributed by atoms with E-state index in [-0.39, 0.29) is 6.03 Å². The molecule has 2 amide bonds. The molecule has 1 aromatic carbocycles. The minimum absolute atomic E-state index is 0.0198. The van der Waals surface area contributed by atoms with Crippen molar-refractivity contribution in [2.45, 2.75) is 19.8 Å². The van der Waals surface area contributed by atoms with Gasteiger partial charge in [0.2, 0.25) is 0 Å². The van der Waals surface area contributed by atoms with Crippen LogP contribution in [0.15, 0.2) is 36.5 Å². The van der Waals surface area contributed by atoms with Gasteiger partial charge in [-0.2, -0.15) is 0 Å². The smallest absolute Gasteiger partial charge is 0.321 e. The third kappa shape index (κ3) is 2.74. The number of likely N-dealkylation sites (tertiary alicyclic amines) is 1. The van der Waals surface area contributed by atoms with Crippen LogP contribution in [0.25, 0.3) is 10.9 Å². The van der Waals surface area contributed by atoms with E-state index in [1.54, 1.807) is 6.20 Å². The van der Waals surface area contributed by atoms with Crippen molar-refractivity contribution in [3.63, 3.8) is 0 Å². The first kappa shape index (κ1) is 12.9. The monoisotopic (exact) mass is 269 g/mol. The number of urea groups is 1. The molecule has 4 nitrogen and oxygen atoms in total. The molecule has 0 saturated carbocycles. The van der Waals surface area contributed by atoms with Gasteiger partial charge in [-0.05, 0) is 30.9 Å². The molecule has 2 heterocycles. The number of anilines is 1. The fourth-order valence-corrected chi connectivity index (χ4v) is 2.72. The van der Waals surface area contributed by atoms with Gasteiger partial charge in [0.05, 0.1) is 17.4 Å². The number of amides is 2. The van der Waals surface area contributed by atoms with E-state index in [1.807, 2.05) is 35.2 Å². The van der Waals surface area contributed by atoms with Crippen molar-refractivity contribution in [3.8, 4) is 0 Å². The number of rotatable bonds is 1. The van der Waals surface area contributed by atoms with Gasteiger partial charge >= 0.3 is 6.03 Å². The molecule has 4 heteroatoms.